The van der Waals surface area contributed by atoms with Gasteiger partial charge in [-0.1, -0.05) is 19.1 Å². The third-order valence-corrected chi connectivity index (χ3v) is 3.77. The van der Waals surface area contributed by atoms with Crippen molar-refractivity contribution in [2.75, 3.05) is 32.8 Å². The van der Waals surface area contributed by atoms with Gasteiger partial charge in [0.25, 0.3) is 0 Å². The van der Waals surface area contributed by atoms with Gasteiger partial charge in [-0.05, 0) is 37.0 Å². The Morgan fingerprint density at radius 3 is 2.95 bits per heavy atom. The van der Waals surface area contributed by atoms with Gasteiger partial charge >= 0.3 is 7.12 Å². The zero-order valence-electron chi connectivity index (χ0n) is 12.6. The molecule has 1 heterocycles. The van der Waals surface area contributed by atoms with Crippen molar-refractivity contribution in [3.05, 3.63) is 24.3 Å². The van der Waals surface area contributed by atoms with E-state index in [0.29, 0.717) is 23.9 Å². The highest BCUT2D eigenvalue weighted by Crippen LogP contribution is 2.13. The third kappa shape index (κ3) is 5.32. The van der Waals surface area contributed by atoms with E-state index in [4.69, 9.17) is 19.5 Å². The summed E-state index contributed by atoms with van der Waals surface area (Å²) in [5.74, 6) is 0.661. The van der Waals surface area contributed by atoms with Crippen LogP contribution in [-0.4, -0.2) is 61.0 Å². The van der Waals surface area contributed by atoms with Gasteiger partial charge in [-0.25, -0.2) is 0 Å². The van der Waals surface area contributed by atoms with Gasteiger partial charge in [-0.2, -0.15) is 0 Å². The number of likely N-dealkylation sites (N-methyl/N-ethyl adjacent to an activating group) is 1. The highest BCUT2D eigenvalue weighted by atomic mass is 16.5. The minimum Gasteiger partial charge on any atom is -0.492 e. The van der Waals surface area contributed by atoms with E-state index in [0.717, 1.165) is 39.1 Å². The minimum atomic E-state index is -1.46. The van der Waals surface area contributed by atoms with Crippen LogP contribution in [0.3, 0.4) is 0 Å². The Balaban J connectivity index is 1.75. The van der Waals surface area contributed by atoms with Gasteiger partial charge in [0.05, 0.1) is 6.10 Å². The van der Waals surface area contributed by atoms with Crippen LogP contribution in [-0.2, 0) is 4.74 Å². The van der Waals surface area contributed by atoms with Crippen molar-refractivity contribution in [1.29, 1.82) is 0 Å². The molecule has 0 spiro atoms. The van der Waals surface area contributed by atoms with Gasteiger partial charge in [0, 0.05) is 19.7 Å². The largest absolute Gasteiger partial charge is 0.492 e. The molecule has 116 valence electrons. The maximum Gasteiger partial charge on any atom is 0.488 e. The summed E-state index contributed by atoms with van der Waals surface area (Å²) in [4.78, 5) is 2.32. The Morgan fingerprint density at radius 2 is 2.29 bits per heavy atom. The first-order valence-electron chi connectivity index (χ1n) is 7.62. The standard InChI is InChI=1S/C15H24BNO4/c1-2-17(12-15-7-4-9-20-15)8-10-21-14-6-3-5-13(11-14)16(18)19/h3,5-6,11,15,18-19H,2,4,7-10,12H2,1H3. The lowest BCUT2D eigenvalue weighted by atomic mass is 9.80. The number of hydrogen-bond donors (Lipinski definition) is 2. The lowest BCUT2D eigenvalue weighted by Gasteiger charge is -2.23. The molecule has 6 heteroatoms. The summed E-state index contributed by atoms with van der Waals surface area (Å²) in [7, 11) is -1.46. The van der Waals surface area contributed by atoms with Crippen LogP contribution in [0.15, 0.2) is 24.3 Å². The van der Waals surface area contributed by atoms with Gasteiger partial charge in [0.15, 0.2) is 0 Å². The van der Waals surface area contributed by atoms with Gasteiger partial charge in [0.1, 0.15) is 12.4 Å². The van der Waals surface area contributed by atoms with Crippen molar-refractivity contribution in [3.8, 4) is 5.75 Å². The normalized spacial score (nSPS) is 18.2. The fourth-order valence-electron chi connectivity index (χ4n) is 2.51. The second-order valence-electron chi connectivity index (χ2n) is 5.32. The van der Waals surface area contributed by atoms with E-state index in [1.165, 1.54) is 0 Å². The predicted molar refractivity (Wildman–Crippen MR) is 82.9 cm³/mol. The summed E-state index contributed by atoms with van der Waals surface area (Å²) in [5, 5.41) is 18.3. The molecule has 0 bridgehead atoms. The molecule has 0 radical (unpaired) electrons. The third-order valence-electron chi connectivity index (χ3n) is 3.77. The zero-order chi connectivity index (χ0) is 15.1. The first-order chi connectivity index (χ1) is 10.2. The van der Waals surface area contributed by atoms with E-state index in [-0.39, 0.29) is 0 Å². The Bertz CT molecular complexity index is 424. The predicted octanol–water partition coefficient (Wildman–Crippen LogP) is 0.246. The fraction of sp³-hybridized carbons (Fsp3) is 0.600. The molecule has 0 amide bonds. The summed E-state index contributed by atoms with van der Waals surface area (Å²) in [6.45, 7) is 6.36. The fourth-order valence-corrected chi connectivity index (χ4v) is 2.51. The maximum absolute atomic E-state index is 9.14. The van der Waals surface area contributed by atoms with Crippen LogP contribution in [0.5, 0.6) is 5.75 Å². The van der Waals surface area contributed by atoms with E-state index < -0.39 is 7.12 Å². The van der Waals surface area contributed by atoms with Gasteiger partial charge in [-0.3, -0.25) is 4.90 Å². The van der Waals surface area contributed by atoms with E-state index in [9.17, 15) is 0 Å². The molecule has 1 unspecified atom stereocenters. The molecular formula is C15H24BNO4. The second-order valence-corrected chi connectivity index (χ2v) is 5.32. The molecule has 1 aromatic carbocycles. The Labute approximate surface area is 126 Å². The molecule has 0 aliphatic carbocycles. The number of rotatable bonds is 8. The van der Waals surface area contributed by atoms with E-state index >= 15 is 0 Å². The van der Waals surface area contributed by atoms with Crippen LogP contribution in [0.2, 0.25) is 0 Å². The topological polar surface area (TPSA) is 62.2 Å². The summed E-state index contributed by atoms with van der Waals surface area (Å²) >= 11 is 0. The van der Waals surface area contributed by atoms with Crippen LogP contribution >= 0.6 is 0 Å². The van der Waals surface area contributed by atoms with E-state index in [1.807, 2.05) is 6.07 Å². The van der Waals surface area contributed by atoms with Gasteiger partial charge in [-0.15, -0.1) is 0 Å². The molecule has 1 aliphatic rings. The van der Waals surface area contributed by atoms with Gasteiger partial charge < -0.3 is 19.5 Å². The lowest BCUT2D eigenvalue weighted by molar-refractivity contribution is 0.0701. The van der Waals surface area contributed by atoms with Crippen molar-refractivity contribution in [1.82, 2.24) is 4.90 Å². The van der Waals surface area contributed by atoms with E-state index in [2.05, 4.69) is 11.8 Å². The molecular weight excluding hydrogens is 269 g/mol. The Morgan fingerprint density at radius 1 is 1.43 bits per heavy atom. The number of hydrogen-bond acceptors (Lipinski definition) is 5. The molecule has 0 aromatic heterocycles. The molecule has 21 heavy (non-hydrogen) atoms. The number of benzene rings is 1. The summed E-state index contributed by atoms with van der Waals surface area (Å²) in [6, 6.07) is 6.89. The van der Waals surface area contributed by atoms with Crippen molar-refractivity contribution >= 4 is 12.6 Å². The first kappa shape index (κ1) is 16.3. The second kappa shape index (κ2) is 8.39. The highest BCUT2D eigenvalue weighted by Gasteiger charge is 2.18. The average Bonchev–Trinajstić information content (AvgIpc) is 2.99. The molecule has 2 rings (SSSR count). The molecule has 1 aromatic rings. The summed E-state index contributed by atoms with van der Waals surface area (Å²) < 4.78 is 11.3. The van der Waals surface area contributed by atoms with E-state index in [1.54, 1.807) is 18.2 Å². The number of nitrogens with zero attached hydrogens (tertiary/aromatic N) is 1. The molecule has 0 saturated carbocycles. The number of ether oxygens (including phenoxy) is 2. The van der Waals surface area contributed by atoms with Crippen molar-refractivity contribution in [3.63, 3.8) is 0 Å². The summed E-state index contributed by atoms with van der Waals surface area (Å²) in [5.41, 5.74) is 0.444. The molecule has 1 aliphatic heterocycles. The van der Waals surface area contributed by atoms with Crippen molar-refractivity contribution in [2.45, 2.75) is 25.9 Å². The van der Waals surface area contributed by atoms with Crippen LogP contribution in [0.4, 0.5) is 0 Å². The Kier molecular flexibility index (Phi) is 6.51. The van der Waals surface area contributed by atoms with Crippen LogP contribution in [0.25, 0.3) is 0 Å². The molecule has 1 atom stereocenters. The lowest BCUT2D eigenvalue weighted by Crippen LogP contribution is -2.35. The minimum absolute atomic E-state index is 0.359. The highest BCUT2D eigenvalue weighted by molar-refractivity contribution is 6.58. The van der Waals surface area contributed by atoms with Crippen molar-refractivity contribution < 1.29 is 19.5 Å². The quantitative estimate of drug-likeness (QED) is 0.673. The monoisotopic (exact) mass is 293 g/mol. The zero-order valence-corrected chi connectivity index (χ0v) is 12.6. The molecule has 1 fully saturated rings. The van der Waals surface area contributed by atoms with Crippen LogP contribution in [0, 0.1) is 0 Å². The molecule has 1 saturated heterocycles. The molecule has 2 N–H and O–H groups in total. The smallest absolute Gasteiger partial charge is 0.488 e. The first-order valence-corrected chi connectivity index (χ1v) is 7.62. The van der Waals surface area contributed by atoms with Crippen LogP contribution in [0.1, 0.15) is 19.8 Å². The average molecular weight is 293 g/mol. The van der Waals surface area contributed by atoms with Gasteiger partial charge in [0.2, 0.25) is 0 Å². The Hall–Kier alpha value is -1.08. The SMILES string of the molecule is CCN(CCOc1cccc(B(O)O)c1)CC1CCCO1. The molecule has 5 nitrogen and oxygen atoms in total. The maximum atomic E-state index is 9.14. The van der Waals surface area contributed by atoms with Crippen LogP contribution < -0.4 is 10.2 Å². The van der Waals surface area contributed by atoms with Crippen molar-refractivity contribution in [2.24, 2.45) is 0 Å². The summed E-state index contributed by atoms with van der Waals surface area (Å²) in [6.07, 6.45) is 2.67.